The molecule has 0 bridgehead atoms. The number of rotatable bonds is 2. The maximum atomic E-state index is 12.7. The number of carbonyl (C=O) groups excluding carboxylic acids is 2. The highest BCUT2D eigenvalue weighted by molar-refractivity contribution is 5.98. The SMILES string of the molecule is O=C1NCCC1N1CCC2(CN(C(=O)c3cc4ccccc4[nH]3)C2)C1. The van der Waals surface area contributed by atoms with Gasteiger partial charge in [0, 0.05) is 42.5 Å². The van der Waals surface area contributed by atoms with Gasteiger partial charge in [-0.15, -0.1) is 0 Å². The van der Waals surface area contributed by atoms with Gasteiger partial charge in [-0.05, 0) is 31.5 Å². The molecular weight excluding hydrogens is 316 g/mol. The molecule has 2 amide bonds. The number of nitrogens with one attached hydrogen (secondary N) is 2. The molecule has 0 radical (unpaired) electrons. The van der Waals surface area contributed by atoms with Crippen LogP contribution in [0.5, 0.6) is 0 Å². The first-order valence-corrected chi connectivity index (χ1v) is 9.02. The Morgan fingerprint density at radius 2 is 2.04 bits per heavy atom. The highest BCUT2D eigenvalue weighted by Crippen LogP contribution is 2.41. The fourth-order valence-corrected chi connectivity index (χ4v) is 4.69. The Morgan fingerprint density at radius 3 is 2.80 bits per heavy atom. The van der Waals surface area contributed by atoms with Gasteiger partial charge in [-0.2, -0.15) is 0 Å². The van der Waals surface area contributed by atoms with Crippen LogP contribution < -0.4 is 5.32 Å². The van der Waals surface area contributed by atoms with Crippen LogP contribution in [-0.2, 0) is 4.79 Å². The van der Waals surface area contributed by atoms with Crippen molar-refractivity contribution in [3.63, 3.8) is 0 Å². The summed E-state index contributed by atoms with van der Waals surface area (Å²) in [6.07, 6.45) is 1.99. The smallest absolute Gasteiger partial charge is 0.270 e. The van der Waals surface area contributed by atoms with Crippen molar-refractivity contribution in [2.45, 2.75) is 18.9 Å². The van der Waals surface area contributed by atoms with E-state index in [1.807, 2.05) is 35.2 Å². The lowest BCUT2D eigenvalue weighted by atomic mass is 9.79. The summed E-state index contributed by atoms with van der Waals surface area (Å²) in [4.78, 5) is 32.1. The molecule has 0 saturated carbocycles. The molecule has 5 rings (SSSR count). The van der Waals surface area contributed by atoms with Crippen molar-refractivity contribution in [1.82, 2.24) is 20.1 Å². The van der Waals surface area contributed by atoms with Crippen molar-refractivity contribution < 1.29 is 9.59 Å². The van der Waals surface area contributed by atoms with Gasteiger partial charge in [0.25, 0.3) is 5.91 Å². The van der Waals surface area contributed by atoms with Crippen LogP contribution in [0.4, 0.5) is 0 Å². The zero-order valence-electron chi connectivity index (χ0n) is 14.1. The fourth-order valence-electron chi connectivity index (χ4n) is 4.69. The summed E-state index contributed by atoms with van der Waals surface area (Å²) >= 11 is 0. The van der Waals surface area contributed by atoms with Crippen molar-refractivity contribution in [1.29, 1.82) is 0 Å². The number of amides is 2. The molecule has 2 aromatic rings. The summed E-state index contributed by atoms with van der Waals surface area (Å²) in [5, 5.41) is 3.99. The maximum absolute atomic E-state index is 12.7. The zero-order valence-corrected chi connectivity index (χ0v) is 14.1. The number of fused-ring (bicyclic) bond motifs is 1. The number of benzene rings is 1. The first-order valence-electron chi connectivity index (χ1n) is 9.02. The van der Waals surface area contributed by atoms with Crippen LogP contribution in [0.1, 0.15) is 23.3 Å². The molecule has 1 atom stereocenters. The molecule has 6 nitrogen and oxygen atoms in total. The van der Waals surface area contributed by atoms with Gasteiger partial charge in [0.2, 0.25) is 5.91 Å². The minimum atomic E-state index is 0.0397. The first kappa shape index (κ1) is 15.0. The number of hydrogen-bond acceptors (Lipinski definition) is 3. The predicted molar refractivity (Wildman–Crippen MR) is 94.2 cm³/mol. The summed E-state index contributed by atoms with van der Waals surface area (Å²) in [6, 6.07) is 9.94. The molecule has 3 fully saturated rings. The zero-order chi connectivity index (χ0) is 17.0. The summed E-state index contributed by atoms with van der Waals surface area (Å²) < 4.78 is 0. The Bertz CT molecular complexity index is 819. The number of H-pyrrole nitrogens is 1. The number of carbonyl (C=O) groups is 2. The number of aromatic amines is 1. The normalized spacial score (nSPS) is 25.5. The van der Waals surface area contributed by atoms with Gasteiger partial charge in [-0.1, -0.05) is 18.2 Å². The van der Waals surface area contributed by atoms with Crippen molar-refractivity contribution in [3.05, 3.63) is 36.0 Å². The maximum Gasteiger partial charge on any atom is 0.270 e. The summed E-state index contributed by atoms with van der Waals surface area (Å²) in [5.74, 6) is 0.251. The number of nitrogens with zero attached hydrogens (tertiary/aromatic N) is 2. The van der Waals surface area contributed by atoms with Gasteiger partial charge < -0.3 is 15.2 Å². The van der Waals surface area contributed by atoms with E-state index >= 15 is 0 Å². The van der Waals surface area contributed by atoms with E-state index in [0.717, 1.165) is 56.5 Å². The molecule has 2 N–H and O–H groups in total. The second-order valence-corrected chi connectivity index (χ2v) is 7.75. The second-order valence-electron chi connectivity index (χ2n) is 7.75. The quantitative estimate of drug-likeness (QED) is 0.865. The Hall–Kier alpha value is -2.34. The van der Waals surface area contributed by atoms with Crippen LogP contribution in [0.25, 0.3) is 10.9 Å². The van der Waals surface area contributed by atoms with Gasteiger partial charge in [0.05, 0.1) is 6.04 Å². The minimum Gasteiger partial charge on any atom is -0.355 e. The molecule has 3 aliphatic heterocycles. The number of para-hydroxylation sites is 1. The van der Waals surface area contributed by atoms with E-state index in [1.54, 1.807) is 0 Å². The number of aromatic nitrogens is 1. The summed E-state index contributed by atoms with van der Waals surface area (Å²) in [5.41, 5.74) is 1.85. The molecule has 4 heterocycles. The Balaban J connectivity index is 1.25. The Kier molecular flexibility index (Phi) is 3.19. The molecule has 6 heteroatoms. The first-order chi connectivity index (χ1) is 12.1. The lowest BCUT2D eigenvalue weighted by Crippen LogP contribution is -2.60. The van der Waals surface area contributed by atoms with E-state index < -0.39 is 0 Å². The molecule has 3 aliphatic rings. The number of likely N-dealkylation sites (tertiary alicyclic amines) is 2. The monoisotopic (exact) mass is 338 g/mol. The van der Waals surface area contributed by atoms with Crippen molar-refractivity contribution >= 4 is 22.7 Å². The van der Waals surface area contributed by atoms with E-state index in [-0.39, 0.29) is 23.3 Å². The Morgan fingerprint density at radius 1 is 1.20 bits per heavy atom. The number of hydrogen-bond donors (Lipinski definition) is 2. The lowest BCUT2D eigenvalue weighted by molar-refractivity contribution is -0.123. The lowest BCUT2D eigenvalue weighted by Gasteiger charge is -2.48. The van der Waals surface area contributed by atoms with Crippen molar-refractivity contribution in [2.24, 2.45) is 5.41 Å². The van der Waals surface area contributed by atoms with E-state index in [1.165, 1.54) is 0 Å². The molecule has 130 valence electrons. The van der Waals surface area contributed by atoms with Crippen LogP contribution >= 0.6 is 0 Å². The second kappa shape index (κ2) is 5.33. The van der Waals surface area contributed by atoms with E-state index in [0.29, 0.717) is 5.69 Å². The van der Waals surface area contributed by atoms with E-state index in [9.17, 15) is 9.59 Å². The van der Waals surface area contributed by atoms with E-state index in [2.05, 4.69) is 15.2 Å². The molecule has 0 aliphatic carbocycles. The predicted octanol–water partition coefficient (Wildman–Crippen LogP) is 1.20. The largest absolute Gasteiger partial charge is 0.355 e. The van der Waals surface area contributed by atoms with Crippen LogP contribution in [0.2, 0.25) is 0 Å². The topological polar surface area (TPSA) is 68.4 Å². The molecule has 1 aromatic carbocycles. The fraction of sp³-hybridized carbons (Fsp3) is 0.474. The molecule has 1 spiro atoms. The van der Waals surface area contributed by atoms with Crippen molar-refractivity contribution in [3.8, 4) is 0 Å². The van der Waals surface area contributed by atoms with Crippen LogP contribution in [0, 0.1) is 5.41 Å². The van der Waals surface area contributed by atoms with E-state index in [4.69, 9.17) is 0 Å². The van der Waals surface area contributed by atoms with Crippen LogP contribution in [-0.4, -0.2) is 65.4 Å². The summed E-state index contributed by atoms with van der Waals surface area (Å²) in [7, 11) is 0. The van der Waals surface area contributed by atoms with Gasteiger partial charge >= 0.3 is 0 Å². The third kappa shape index (κ3) is 2.35. The molecule has 3 saturated heterocycles. The van der Waals surface area contributed by atoms with Gasteiger partial charge in [-0.3, -0.25) is 14.5 Å². The molecule has 1 aromatic heterocycles. The molecule has 25 heavy (non-hydrogen) atoms. The molecular formula is C19H22N4O2. The van der Waals surface area contributed by atoms with Gasteiger partial charge in [0.1, 0.15) is 5.69 Å². The third-order valence-electron chi connectivity index (χ3n) is 6.03. The average Bonchev–Trinajstić information content (AvgIpc) is 3.29. The van der Waals surface area contributed by atoms with Crippen LogP contribution in [0.3, 0.4) is 0 Å². The third-order valence-corrected chi connectivity index (χ3v) is 6.03. The summed E-state index contributed by atoms with van der Waals surface area (Å²) in [6.45, 7) is 4.28. The standard InChI is InChI=1S/C19H22N4O2/c24-17-16(5-7-20-17)22-8-6-19(10-22)11-23(12-19)18(25)15-9-13-3-1-2-4-14(13)21-15/h1-4,9,16,21H,5-8,10-12H2,(H,20,24). The van der Waals surface area contributed by atoms with Gasteiger partial charge in [0.15, 0.2) is 0 Å². The van der Waals surface area contributed by atoms with Crippen LogP contribution in [0.15, 0.2) is 30.3 Å². The average molecular weight is 338 g/mol. The Labute approximate surface area is 146 Å². The highest BCUT2D eigenvalue weighted by atomic mass is 16.2. The highest BCUT2D eigenvalue weighted by Gasteiger charge is 2.51. The molecule has 1 unspecified atom stereocenters. The van der Waals surface area contributed by atoms with Crippen molar-refractivity contribution in [2.75, 3.05) is 32.7 Å². The van der Waals surface area contributed by atoms with Gasteiger partial charge in [-0.25, -0.2) is 0 Å². The minimum absolute atomic E-state index is 0.0397.